The molecule has 0 aliphatic rings. The summed E-state index contributed by atoms with van der Waals surface area (Å²) in [5, 5.41) is 8.31. The summed E-state index contributed by atoms with van der Waals surface area (Å²) >= 11 is 5.93. The molecule has 0 fully saturated rings. The number of hydrogen-bond acceptors (Lipinski definition) is 5. The smallest absolute Gasteiger partial charge is 0.223 e. The van der Waals surface area contributed by atoms with Crippen molar-refractivity contribution in [3.8, 4) is 16.9 Å². The van der Waals surface area contributed by atoms with E-state index in [9.17, 15) is 0 Å². The van der Waals surface area contributed by atoms with Crippen molar-refractivity contribution in [1.82, 2.24) is 24.7 Å². The average molecular weight is 363 g/mol. The van der Waals surface area contributed by atoms with E-state index in [1.165, 1.54) is 0 Å². The molecule has 0 bridgehead atoms. The minimum absolute atomic E-state index is 0.561. The highest BCUT2D eigenvalue weighted by Gasteiger charge is 2.06. The Bertz CT molecular complexity index is 998. The molecular formula is C19H15ClN6. The summed E-state index contributed by atoms with van der Waals surface area (Å²) in [6.45, 7) is 0.612. The fourth-order valence-electron chi connectivity index (χ4n) is 2.48. The molecule has 4 aromatic rings. The Balaban J connectivity index is 1.52. The molecule has 3 heterocycles. The van der Waals surface area contributed by atoms with Gasteiger partial charge >= 0.3 is 0 Å². The van der Waals surface area contributed by atoms with Gasteiger partial charge in [-0.3, -0.25) is 4.98 Å². The molecule has 0 aliphatic heterocycles. The van der Waals surface area contributed by atoms with Crippen LogP contribution in [0.15, 0.2) is 73.4 Å². The van der Waals surface area contributed by atoms with Crippen LogP contribution < -0.4 is 5.32 Å². The Morgan fingerprint density at radius 1 is 1.00 bits per heavy atom. The average Bonchev–Trinajstić information content (AvgIpc) is 3.18. The number of pyridine rings is 1. The molecule has 0 saturated heterocycles. The van der Waals surface area contributed by atoms with Gasteiger partial charge in [-0.1, -0.05) is 17.7 Å². The lowest BCUT2D eigenvalue weighted by Gasteiger charge is -2.05. The van der Waals surface area contributed by atoms with Gasteiger partial charge in [-0.05, 0) is 42.0 Å². The molecule has 0 radical (unpaired) electrons. The van der Waals surface area contributed by atoms with Crippen LogP contribution in [-0.4, -0.2) is 24.7 Å². The third-order valence-electron chi connectivity index (χ3n) is 3.80. The molecule has 4 rings (SSSR count). The maximum Gasteiger partial charge on any atom is 0.223 e. The van der Waals surface area contributed by atoms with Crippen molar-refractivity contribution in [2.45, 2.75) is 6.54 Å². The van der Waals surface area contributed by atoms with E-state index in [1.807, 2.05) is 54.9 Å². The van der Waals surface area contributed by atoms with Gasteiger partial charge in [0.1, 0.15) is 0 Å². The molecule has 1 N–H and O–H groups in total. The van der Waals surface area contributed by atoms with Crippen LogP contribution in [-0.2, 0) is 6.54 Å². The maximum absolute atomic E-state index is 5.93. The molecule has 1 aromatic carbocycles. The second kappa shape index (κ2) is 7.33. The normalized spacial score (nSPS) is 10.7. The van der Waals surface area contributed by atoms with Gasteiger partial charge in [0.25, 0.3) is 0 Å². The Hall–Kier alpha value is -3.25. The van der Waals surface area contributed by atoms with E-state index >= 15 is 0 Å². The zero-order valence-electron chi connectivity index (χ0n) is 13.7. The third-order valence-corrected chi connectivity index (χ3v) is 4.05. The van der Waals surface area contributed by atoms with E-state index in [1.54, 1.807) is 23.3 Å². The lowest BCUT2D eigenvalue weighted by molar-refractivity contribution is 0.881. The van der Waals surface area contributed by atoms with E-state index < -0.39 is 0 Å². The maximum atomic E-state index is 5.93. The molecule has 0 unspecified atom stereocenters. The minimum atomic E-state index is 0.561. The summed E-state index contributed by atoms with van der Waals surface area (Å²) in [6, 6.07) is 13.3. The molecule has 0 atom stereocenters. The highest BCUT2D eigenvalue weighted by molar-refractivity contribution is 6.30. The standard InChI is InChI=1S/C19H15ClN6/c20-16-3-5-17(6-4-16)26-13-15(12-24-26)18-7-9-22-19(25-18)23-11-14-2-1-8-21-10-14/h1-10,12-13H,11H2,(H,22,23,25). The molecule has 0 spiro atoms. The topological polar surface area (TPSA) is 68.5 Å². The summed E-state index contributed by atoms with van der Waals surface area (Å²) in [6.07, 6.45) is 9.00. The second-order valence-corrected chi connectivity index (χ2v) is 6.07. The number of benzene rings is 1. The fraction of sp³-hybridized carbons (Fsp3) is 0.0526. The molecular weight excluding hydrogens is 348 g/mol. The summed E-state index contributed by atoms with van der Waals surface area (Å²) in [5.74, 6) is 0.561. The molecule has 6 nitrogen and oxygen atoms in total. The summed E-state index contributed by atoms with van der Waals surface area (Å²) in [7, 11) is 0. The summed E-state index contributed by atoms with van der Waals surface area (Å²) in [5.41, 5.74) is 3.71. The quantitative estimate of drug-likeness (QED) is 0.581. The zero-order chi connectivity index (χ0) is 17.8. The number of hydrogen-bond donors (Lipinski definition) is 1. The van der Waals surface area contributed by atoms with Gasteiger partial charge in [-0.2, -0.15) is 5.10 Å². The van der Waals surface area contributed by atoms with E-state index in [4.69, 9.17) is 11.6 Å². The minimum Gasteiger partial charge on any atom is -0.350 e. The molecule has 3 aromatic heterocycles. The SMILES string of the molecule is Clc1ccc(-n2cc(-c3ccnc(NCc4cccnc4)n3)cn2)cc1. The Kier molecular flexibility index (Phi) is 4.57. The first kappa shape index (κ1) is 16.2. The van der Waals surface area contributed by atoms with Gasteiger partial charge in [0.15, 0.2) is 0 Å². The largest absolute Gasteiger partial charge is 0.350 e. The van der Waals surface area contributed by atoms with Gasteiger partial charge in [0.2, 0.25) is 5.95 Å². The number of rotatable bonds is 5. The van der Waals surface area contributed by atoms with Gasteiger partial charge in [0, 0.05) is 41.9 Å². The molecule has 26 heavy (non-hydrogen) atoms. The van der Waals surface area contributed by atoms with E-state index in [0.717, 1.165) is 22.5 Å². The summed E-state index contributed by atoms with van der Waals surface area (Å²) in [4.78, 5) is 12.9. The molecule has 0 amide bonds. The Labute approximate surface area is 155 Å². The van der Waals surface area contributed by atoms with Crippen molar-refractivity contribution >= 4 is 17.5 Å². The van der Waals surface area contributed by atoms with Crippen LogP contribution in [0.25, 0.3) is 16.9 Å². The lowest BCUT2D eigenvalue weighted by atomic mass is 10.2. The van der Waals surface area contributed by atoms with Gasteiger partial charge in [0.05, 0.1) is 17.6 Å². The van der Waals surface area contributed by atoms with Crippen LogP contribution in [0.5, 0.6) is 0 Å². The molecule has 0 aliphatic carbocycles. The van der Waals surface area contributed by atoms with E-state index in [0.29, 0.717) is 17.5 Å². The first-order valence-corrected chi connectivity index (χ1v) is 8.42. The van der Waals surface area contributed by atoms with Gasteiger partial charge in [-0.15, -0.1) is 0 Å². The molecule has 0 saturated carbocycles. The first-order valence-electron chi connectivity index (χ1n) is 8.05. The van der Waals surface area contributed by atoms with Crippen LogP contribution in [0, 0.1) is 0 Å². The predicted octanol–water partition coefficient (Wildman–Crippen LogP) is 3.99. The number of nitrogens with zero attached hydrogens (tertiary/aromatic N) is 5. The van der Waals surface area contributed by atoms with Crippen LogP contribution in [0.1, 0.15) is 5.56 Å². The second-order valence-electron chi connectivity index (χ2n) is 5.63. The first-order chi connectivity index (χ1) is 12.8. The van der Waals surface area contributed by atoms with Crippen molar-refractivity contribution in [3.05, 3.63) is 84.0 Å². The van der Waals surface area contributed by atoms with Crippen LogP contribution >= 0.6 is 11.6 Å². The Morgan fingerprint density at radius 3 is 2.69 bits per heavy atom. The zero-order valence-corrected chi connectivity index (χ0v) is 14.5. The van der Waals surface area contributed by atoms with Gasteiger partial charge < -0.3 is 5.32 Å². The highest BCUT2D eigenvalue weighted by Crippen LogP contribution is 2.20. The van der Waals surface area contributed by atoms with E-state index in [-0.39, 0.29) is 0 Å². The summed E-state index contributed by atoms with van der Waals surface area (Å²) < 4.78 is 1.79. The van der Waals surface area contributed by atoms with E-state index in [2.05, 4.69) is 25.4 Å². The predicted molar refractivity (Wildman–Crippen MR) is 101 cm³/mol. The monoisotopic (exact) mass is 362 g/mol. The van der Waals surface area contributed by atoms with Crippen LogP contribution in [0.2, 0.25) is 5.02 Å². The lowest BCUT2D eigenvalue weighted by Crippen LogP contribution is -2.04. The van der Waals surface area contributed by atoms with Crippen LogP contribution in [0.4, 0.5) is 5.95 Å². The number of aromatic nitrogens is 5. The van der Waals surface area contributed by atoms with Crippen molar-refractivity contribution in [3.63, 3.8) is 0 Å². The number of anilines is 1. The fourth-order valence-corrected chi connectivity index (χ4v) is 2.60. The van der Waals surface area contributed by atoms with Crippen molar-refractivity contribution in [1.29, 1.82) is 0 Å². The van der Waals surface area contributed by atoms with Crippen LogP contribution in [0.3, 0.4) is 0 Å². The highest BCUT2D eigenvalue weighted by atomic mass is 35.5. The van der Waals surface area contributed by atoms with Gasteiger partial charge in [-0.25, -0.2) is 14.6 Å². The van der Waals surface area contributed by atoms with Crippen molar-refractivity contribution < 1.29 is 0 Å². The number of nitrogens with one attached hydrogen (secondary N) is 1. The molecule has 128 valence electrons. The molecule has 7 heteroatoms. The van der Waals surface area contributed by atoms with Crippen molar-refractivity contribution in [2.75, 3.05) is 5.32 Å². The van der Waals surface area contributed by atoms with Crippen molar-refractivity contribution in [2.24, 2.45) is 0 Å². The number of halogens is 1. The third kappa shape index (κ3) is 3.70. The Morgan fingerprint density at radius 2 is 1.88 bits per heavy atom.